The van der Waals surface area contributed by atoms with Gasteiger partial charge in [-0.25, -0.2) is 24.2 Å². The van der Waals surface area contributed by atoms with Crippen LogP contribution in [-0.4, -0.2) is 93.6 Å². The maximum atomic E-state index is 9.55. The Morgan fingerprint density at radius 3 is 1.86 bits per heavy atom. The molecule has 0 saturated carbocycles. The third-order valence-corrected chi connectivity index (χ3v) is 6.73. The standard InChI is InChI=1S/C20H24N4OS.2C4H4O4/c1-25-17-8-4-3-7-16(17)23-10-12-24(13-11-23)19(21)14-20-22-15-6-2-5-9-18(15)26-20;2*5-3(6)1-2-4(7)8/h2-9,19H,10-14,21H2,1H3;2*1-2H,(H,5,6)(H,7,8). The molecule has 2 heterocycles. The molecule has 1 atom stereocenters. The predicted molar refractivity (Wildman–Crippen MR) is 157 cm³/mol. The van der Waals surface area contributed by atoms with Gasteiger partial charge < -0.3 is 35.8 Å². The van der Waals surface area contributed by atoms with Crippen molar-refractivity contribution in [3.63, 3.8) is 0 Å². The van der Waals surface area contributed by atoms with Crippen LogP contribution in [0.5, 0.6) is 5.75 Å². The van der Waals surface area contributed by atoms with Gasteiger partial charge >= 0.3 is 23.9 Å². The number of ether oxygens (including phenoxy) is 1. The van der Waals surface area contributed by atoms with Crippen LogP contribution in [0.2, 0.25) is 0 Å². The summed E-state index contributed by atoms with van der Waals surface area (Å²) in [5.41, 5.74) is 8.72. The number of thiazole rings is 1. The molecule has 1 aromatic heterocycles. The minimum Gasteiger partial charge on any atom is -0.495 e. The van der Waals surface area contributed by atoms with Gasteiger partial charge in [0.2, 0.25) is 0 Å². The zero-order valence-corrected chi connectivity index (χ0v) is 23.5. The van der Waals surface area contributed by atoms with Gasteiger partial charge in [-0.05, 0) is 24.3 Å². The molecule has 0 spiro atoms. The molecule has 1 aliphatic heterocycles. The number of fused-ring (bicyclic) bond motifs is 1. The molecule has 3 aromatic rings. The highest BCUT2D eigenvalue weighted by Crippen LogP contribution is 2.29. The number of hydrogen-bond donors (Lipinski definition) is 5. The predicted octanol–water partition coefficient (Wildman–Crippen LogP) is 2.38. The Labute approximate surface area is 245 Å². The second-order valence-corrected chi connectivity index (χ2v) is 9.68. The number of benzene rings is 2. The molecule has 1 saturated heterocycles. The summed E-state index contributed by atoms with van der Waals surface area (Å²) in [4.78, 5) is 47.7. The summed E-state index contributed by atoms with van der Waals surface area (Å²) < 4.78 is 6.73. The highest BCUT2D eigenvalue weighted by molar-refractivity contribution is 7.18. The Balaban J connectivity index is 0.000000319. The van der Waals surface area contributed by atoms with Crippen LogP contribution in [0.3, 0.4) is 0 Å². The van der Waals surface area contributed by atoms with Gasteiger partial charge in [0.05, 0.1) is 34.2 Å². The Hall–Kier alpha value is -4.79. The number of anilines is 1. The van der Waals surface area contributed by atoms with Crippen molar-refractivity contribution >= 4 is 51.1 Å². The lowest BCUT2D eigenvalue weighted by atomic mass is 10.2. The van der Waals surface area contributed by atoms with Crippen LogP contribution in [0.1, 0.15) is 5.01 Å². The van der Waals surface area contributed by atoms with Crippen LogP contribution in [0.4, 0.5) is 5.69 Å². The average molecular weight is 601 g/mol. The molecule has 1 unspecified atom stereocenters. The maximum Gasteiger partial charge on any atom is 0.328 e. The van der Waals surface area contributed by atoms with Gasteiger partial charge in [-0.3, -0.25) is 4.90 Å². The molecule has 0 aliphatic carbocycles. The number of aromatic nitrogens is 1. The van der Waals surface area contributed by atoms with E-state index in [-0.39, 0.29) is 6.17 Å². The summed E-state index contributed by atoms with van der Waals surface area (Å²) in [7, 11) is 1.73. The van der Waals surface area contributed by atoms with Gasteiger partial charge in [0, 0.05) is 56.9 Å². The first-order valence-electron chi connectivity index (χ1n) is 12.5. The van der Waals surface area contributed by atoms with E-state index >= 15 is 0 Å². The lowest BCUT2D eigenvalue weighted by Gasteiger charge is -2.39. The smallest absolute Gasteiger partial charge is 0.328 e. The van der Waals surface area contributed by atoms with E-state index in [1.54, 1.807) is 18.4 Å². The highest BCUT2D eigenvalue weighted by Gasteiger charge is 2.24. The summed E-state index contributed by atoms with van der Waals surface area (Å²) in [6.07, 6.45) is 3.04. The quantitative estimate of drug-likeness (QED) is 0.224. The van der Waals surface area contributed by atoms with Crippen LogP contribution >= 0.6 is 11.3 Å². The zero-order chi connectivity index (χ0) is 31.1. The first-order chi connectivity index (χ1) is 20.0. The molecule has 13 nitrogen and oxygen atoms in total. The van der Waals surface area contributed by atoms with Crippen molar-refractivity contribution in [3.05, 3.63) is 77.8 Å². The van der Waals surface area contributed by atoms with Crippen LogP contribution in [0.15, 0.2) is 72.8 Å². The van der Waals surface area contributed by atoms with Gasteiger partial charge in [0.1, 0.15) is 5.75 Å². The van der Waals surface area contributed by atoms with E-state index in [4.69, 9.17) is 35.9 Å². The molecule has 0 bridgehead atoms. The summed E-state index contributed by atoms with van der Waals surface area (Å²) >= 11 is 1.75. The van der Waals surface area contributed by atoms with Crippen molar-refractivity contribution in [1.82, 2.24) is 9.88 Å². The Morgan fingerprint density at radius 2 is 1.36 bits per heavy atom. The van der Waals surface area contributed by atoms with Crippen molar-refractivity contribution in [2.24, 2.45) is 5.73 Å². The van der Waals surface area contributed by atoms with Crippen molar-refractivity contribution in [1.29, 1.82) is 0 Å². The molecule has 1 aliphatic rings. The van der Waals surface area contributed by atoms with E-state index < -0.39 is 23.9 Å². The van der Waals surface area contributed by atoms with Crippen LogP contribution < -0.4 is 15.4 Å². The molecule has 4 rings (SSSR count). The van der Waals surface area contributed by atoms with Crippen LogP contribution in [0.25, 0.3) is 10.2 Å². The van der Waals surface area contributed by atoms with E-state index in [0.29, 0.717) is 24.3 Å². The third-order valence-electron chi connectivity index (χ3n) is 5.67. The fourth-order valence-electron chi connectivity index (χ4n) is 3.79. The molecule has 2 aromatic carbocycles. The fraction of sp³-hybridized carbons (Fsp3) is 0.250. The zero-order valence-electron chi connectivity index (χ0n) is 22.7. The number of rotatable bonds is 9. The number of carboxylic acids is 4. The number of methoxy groups -OCH3 is 1. The number of carboxylic acid groups (broad SMARTS) is 4. The van der Waals surface area contributed by atoms with Gasteiger partial charge in [-0.1, -0.05) is 24.3 Å². The minimum absolute atomic E-state index is 0.00961. The lowest BCUT2D eigenvalue weighted by Crippen LogP contribution is -2.54. The van der Waals surface area contributed by atoms with Crippen molar-refractivity contribution in [2.75, 3.05) is 38.2 Å². The number of para-hydroxylation sites is 3. The molecule has 6 N–H and O–H groups in total. The number of nitrogens with zero attached hydrogens (tertiary/aromatic N) is 3. The third kappa shape index (κ3) is 11.8. The van der Waals surface area contributed by atoms with Crippen LogP contribution in [-0.2, 0) is 25.6 Å². The SMILES string of the molecule is COc1ccccc1N1CCN(C(N)Cc2nc3ccccc3s2)CC1.O=C(O)C=CC(=O)O.O=C(O)C=CC(=O)O. The van der Waals surface area contributed by atoms with Crippen molar-refractivity contribution in [3.8, 4) is 5.75 Å². The van der Waals surface area contributed by atoms with E-state index in [9.17, 15) is 19.2 Å². The average Bonchev–Trinajstić information content (AvgIpc) is 3.38. The van der Waals surface area contributed by atoms with E-state index in [2.05, 4.69) is 40.1 Å². The normalized spacial score (nSPS) is 14.0. The van der Waals surface area contributed by atoms with Crippen molar-refractivity contribution in [2.45, 2.75) is 12.6 Å². The second-order valence-electron chi connectivity index (χ2n) is 8.56. The largest absolute Gasteiger partial charge is 0.495 e. The van der Waals surface area contributed by atoms with Crippen molar-refractivity contribution < 1.29 is 44.3 Å². The van der Waals surface area contributed by atoms with E-state index in [0.717, 1.165) is 54.6 Å². The monoisotopic (exact) mass is 600 g/mol. The molecular formula is C28H32N4O9S. The van der Waals surface area contributed by atoms with E-state index in [1.807, 2.05) is 18.2 Å². The maximum absolute atomic E-state index is 9.55. The molecule has 1 fully saturated rings. The van der Waals surface area contributed by atoms with Gasteiger partial charge in [0.25, 0.3) is 0 Å². The first-order valence-corrected chi connectivity index (χ1v) is 13.3. The molecule has 42 heavy (non-hydrogen) atoms. The number of hydrogen-bond acceptors (Lipinski definition) is 10. The molecular weight excluding hydrogens is 568 g/mol. The van der Waals surface area contributed by atoms with Gasteiger partial charge in [-0.2, -0.15) is 0 Å². The second kappa shape index (κ2) is 17.1. The molecule has 0 amide bonds. The number of piperazine rings is 1. The lowest BCUT2D eigenvalue weighted by molar-refractivity contribution is -0.134. The minimum atomic E-state index is -1.26. The molecule has 14 heteroatoms. The fourth-order valence-corrected chi connectivity index (χ4v) is 4.80. The summed E-state index contributed by atoms with van der Waals surface area (Å²) in [5.74, 6) is -4.10. The topological polar surface area (TPSA) is 204 Å². The van der Waals surface area contributed by atoms with Gasteiger partial charge in [-0.15, -0.1) is 11.3 Å². The number of carbonyl (C=O) groups is 4. The number of nitrogens with two attached hydrogens (primary N) is 1. The summed E-state index contributed by atoms with van der Waals surface area (Å²) in [5, 5.41) is 32.4. The summed E-state index contributed by atoms with van der Waals surface area (Å²) in [6, 6.07) is 16.5. The summed E-state index contributed by atoms with van der Waals surface area (Å²) in [6.45, 7) is 3.80. The van der Waals surface area contributed by atoms with Crippen LogP contribution in [0, 0.1) is 0 Å². The Bertz CT molecular complexity index is 1320. The Kier molecular flexibility index (Phi) is 13.6. The molecule has 224 valence electrons. The number of aliphatic carboxylic acids is 4. The molecule has 0 radical (unpaired) electrons. The van der Waals surface area contributed by atoms with E-state index in [1.165, 1.54) is 4.70 Å². The van der Waals surface area contributed by atoms with Gasteiger partial charge in [0.15, 0.2) is 0 Å². The highest BCUT2D eigenvalue weighted by atomic mass is 32.1. The Morgan fingerprint density at radius 1 is 0.857 bits per heavy atom. The first kappa shape index (κ1) is 33.4.